The monoisotopic (exact) mass is 235 g/mol. The lowest BCUT2D eigenvalue weighted by atomic mass is 10.0. The van der Waals surface area contributed by atoms with E-state index in [1.165, 1.54) is 10.9 Å². The molecule has 0 aliphatic heterocycles. The van der Waals surface area contributed by atoms with E-state index >= 15 is 0 Å². The van der Waals surface area contributed by atoms with Gasteiger partial charge in [0.15, 0.2) is 0 Å². The Bertz CT molecular complexity index is 504. The highest BCUT2D eigenvalue weighted by atomic mass is 32.1. The average molecular weight is 235 g/mol. The van der Waals surface area contributed by atoms with E-state index in [9.17, 15) is 4.39 Å². The molecular weight excluding hydrogens is 221 g/mol. The standard InChI is InChI=1S/C13H14FNS/c1-8-7-10(4-5-11(8)14)13(15)12-6-3-9(2)16-12/h3-7,13H,15H2,1-2H3. The summed E-state index contributed by atoms with van der Waals surface area (Å²) in [6.07, 6.45) is 0. The summed E-state index contributed by atoms with van der Waals surface area (Å²) in [4.78, 5) is 2.35. The van der Waals surface area contributed by atoms with Crippen LogP contribution in [0.4, 0.5) is 4.39 Å². The Kier molecular flexibility index (Phi) is 3.08. The summed E-state index contributed by atoms with van der Waals surface area (Å²) in [5.41, 5.74) is 7.74. The van der Waals surface area contributed by atoms with Crippen LogP contribution in [0.1, 0.15) is 26.9 Å². The summed E-state index contributed by atoms with van der Waals surface area (Å²) in [6, 6.07) is 8.97. The Hall–Kier alpha value is -1.19. The van der Waals surface area contributed by atoms with Gasteiger partial charge in [0.1, 0.15) is 5.82 Å². The lowest BCUT2D eigenvalue weighted by Crippen LogP contribution is -2.10. The molecule has 0 saturated carbocycles. The number of benzene rings is 1. The minimum absolute atomic E-state index is 0.155. The van der Waals surface area contributed by atoms with Crippen molar-refractivity contribution in [2.24, 2.45) is 5.73 Å². The third kappa shape index (κ3) is 2.15. The molecular formula is C13H14FNS. The molecule has 1 aromatic carbocycles. The minimum Gasteiger partial charge on any atom is -0.320 e. The molecule has 1 heterocycles. The van der Waals surface area contributed by atoms with Crippen LogP contribution in [-0.4, -0.2) is 0 Å². The van der Waals surface area contributed by atoms with Crippen LogP contribution < -0.4 is 5.73 Å². The number of hydrogen-bond acceptors (Lipinski definition) is 2. The zero-order chi connectivity index (χ0) is 11.7. The Morgan fingerprint density at radius 2 is 1.94 bits per heavy atom. The van der Waals surface area contributed by atoms with Crippen molar-refractivity contribution < 1.29 is 4.39 Å². The van der Waals surface area contributed by atoms with Gasteiger partial charge in [0.05, 0.1) is 6.04 Å². The van der Waals surface area contributed by atoms with Gasteiger partial charge in [0.2, 0.25) is 0 Å². The molecule has 0 aliphatic rings. The number of aryl methyl sites for hydroxylation is 2. The predicted molar refractivity (Wildman–Crippen MR) is 66.2 cm³/mol. The van der Waals surface area contributed by atoms with Crippen LogP contribution in [-0.2, 0) is 0 Å². The fourth-order valence-electron chi connectivity index (χ4n) is 1.65. The highest BCUT2D eigenvalue weighted by Crippen LogP contribution is 2.27. The molecule has 0 fully saturated rings. The van der Waals surface area contributed by atoms with Crippen LogP contribution >= 0.6 is 11.3 Å². The maximum absolute atomic E-state index is 13.1. The summed E-state index contributed by atoms with van der Waals surface area (Å²) >= 11 is 1.68. The van der Waals surface area contributed by atoms with Crippen molar-refractivity contribution in [1.82, 2.24) is 0 Å². The normalized spacial score (nSPS) is 12.8. The zero-order valence-corrected chi connectivity index (χ0v) is 10.1. The van der Waals surface area contributed by atoms with Gasteiger partial charge >= 0.3 is 0 Å². The van der Waals surface area contributed by atoms with Crippen LogP contribution in [0.25, 0.3) is 0 Å². The van der Waals surface area contributed by atoms with Gasteiger partial charge in [0.25, 0.3) is 0 Å². The van der Waals surface area contributed by atoms with E-state index < -0.39 is 0 Å². The van der Waals surface area contributed by atoms with E-state index in [4.69, 9.17) is 5.73 Å². The van der Waals surface area contributed by atoms with Gasteiger partial charge in [-0.3, -0.25) is 0 Å². The lowest BCUT2D eigenvalue weighted by molar-refractivity contribution is 0.617. The zero-order valence-electron chi connectivity index (χ0n) is 9.33. The fraction of sp³-hybridized carbons (Fsp3) is 0.231. The largest absolute Gasteiger partial charge is 0.320 e. The second-order valence-corrected chi connectivity index (χ2v) is 5.25. The van der Waals surface area contributed by atoms with Crippen molar-refractivity contribution >= 4 is 11.3 Å². The van der Waals surface area contributed by atoms with Crippen molar-refractivity contribution in [3.63, 3.8) is 0 Å². The van der Waals surface area contributed by atoms with Crippen LogP contribution in [0.5, 0.6) is 0 Å². The van der Waals surface area contributed by atoms with E-state index in [2.05, 4.69) is 13.0 Å². The lowest BCUT2D eigenvalue weighted by Gasteiger charge is -2.11. The molecule has 0 aliphatic carbocycles. The molecule has 2 aromatic rings. The number of halogens is 1. The topological polar surface area (TPSA) is 26.0 Å². The van der Waals surface area contributed by atoms with Crippen LogP contribution in [0.15, 0.2) is 30.3 Å². The Balaban J connectivity index is 2.33. The van der Waals surface area contributed by atoms with Gasteiger partial charge in [-0.2, -0.15) is 0 Å². The Morgan fingerprint density at radius 1 is 1.19 bits per heavy atom. The van der Waals surface area contributed by atoms with Gasteiger partial charge in [-0.1, -0.05) is 12.1 Å². The van der Waals surface area contributed by atoms with Gasteiger partial charge in [-0.05, 0) is 43.2 Å². The fourth-order valence-corrected chi connectivity index (χ4v) is 2.55. The quantitative estimate of drug-likeness (QED) is 0.846. The van der Waals surface area contributed by atoms with E-state index in [0.29, 0.717) is 5.56 Å². The first-order valence-corrected chi connectivity index (χ1v) is 5.97. The summed E-state index contributed by atoms with van der Waals surface area (Å²) in [7, 11) is 0. The summed E-state index contributed by atoms with van der Waals surface area (Å²) in [5, 5.41) is 0. The minimum atomic E-state index is -0.182. The third-order valence-electron chi connectivity index (χ3n) is 2.61. The molecule has 1 nitrogen and oxygen atoms in total. The molecule has 1 unspecified atom stereocenters. The van der Waals surface area contributed by atoms with Gasteiger partial charge in [0, 0.05) is 9.75 Å². The third-order valence-corrected chi connectivity index (χ3v) is 3.69. The molecule has 1 atom stereocenters. The highest BCUT2D eigenvalue weighted by Gasteiger charge is 2.11. The second kappa shape index (κ2) is 4.36. The Morgan fingerprint density at radius 3 is 2.50 bits per heavy atom. The van der Waals surface area contributed by atoms with Crippen molar-refractivity contribution in [3.05, 3.63) is 57.0 Å². The van der Waals surface area contributed by atoms with Crippen LogP contribution in [0.3, 0.4) is 0 Å². The van der Waals surface area contributed by atoms with Crippen molar-refractivity contribution in [2.75, 3.05) is 0 Å². The van der Waals surface area contributed by atoms with Gasteiger partial charge < -0.3 is 5.73 Å². The van der Waals surface area contributed by atoms with E-state index in [1.54, 1.807) is 24.3 Å². The van der Waals surface area contributed by atoms with Crippen molar-refractivity contribution in [1.29, 1.82) is 0 Å². The van der Waals surface area contributed by atoms with Crippen molar-refractivity contribution in [3.8, 4) is 0 Å². The average Bonchev–Trinajstić information content (AvgIpc) is 2.68. The molecule has 2 rings (SSSR count). The number of nitrogens with two attached hydrogens (primary N) is 1. The van der Waals surface area contributed by atoms with E-state index in [-0.39, 0.29) is 11.9 Å². The molecule has 84 valence electrons. The summed E-state index contributed by atoms with van der Waals surface area (Å²) < 4.78 is 13.1. The molecule has 2 N–H and O–H groups in total. The van der Waals surface area contributed by atoms with Gasteiger partial charge in [-0.25, -0.2) is 4.39 Å². The van der Waals surface area contributed by atoms with E-state index in [0.717, 1.165) is 10.4 Å². The Labute approximate surface area is 98.7 Å². The molecule has 3 heteroatoms. The predicted octanol–water partition coefficient (Wildman–Crippen LogP) is 3.55. The molecule has 1 aromatic heterocycles. The first-order valence-electron chi connectivity index (χ1n) is 5.16. The molecule has 0 saturated heterocycles. The second-order valence-electron chi connectivity index (χ2n) is 3.93. The molecule has 0 amide bonds. The first kappa shape index (κ1) is 11.3. The van der Waals surface area contributed by atoms with Crippen LogP contribution in [0, 0.1) is 19.7 Å². The van der Waals surface area contributed by atoms with Crippen molar-refractivity contribution in [2.45, 2.75) is 19.9 Å². The number of hydrogen-bond donors (Lipinski definition) is 1. The summed E-state index contributed by atoms with van der Waals surface area (Å²) in [5.74, 6) is -0.182. The van der Waals surface area contributed by atoms with Crippen LogP contribution in [0.2, 0.25) is 0 Å². The number of thiophene rings is 1. The molecule has 16 heavy (non-hydrogen) atoms. The highest BCUT2D eigenvalue weighted by molar-refractivity contribution is 7.12. The molecule has 0 bridgehead atoms. The number of rotatable bonds is 2. The first-order chi connectivity index (χ1) is 7.58. The van der Waals surface area contributed by atoms with E-state index in [1.807, 2.05) is 12.1 Å². The maximum atomic E-state index is 13.1. The van der Waals surface area contributed by atoms with Gasteiger partial charge in [-0.15, -0.1) is 11.3 Å². The molecule has 0 radical (unpaired) electrons. The smallest absolute Gasteiger partial charge is 0.126 e. The SMILES string of the molecule is Cc1ccc(C(N)c2ccc(F)c(C)c2)s1. The molecule has 0 spiro atoms. The summed E-state index contributed by atoms with van der Waals surface area (Å²) in [6.45, 7) is 3.81. The maximum Gasteiger partial charge on any atom is 0.126 e.